The van der Waals surface area contributed by atoms with Crippen LogP contribution in [-0.2, 0) is 6.42 Å². The number of nitrogens with two attached hydrogens (primary N) is 1. The summed E-state index contributed by atoms with van der Waals surface area (Å²) in [7, 11) is 0. The second-order valence-electron chi connectivity index (χ2n) is 3.78. The first-order valence-electron chi connectivity index (χ1n) is 4.82. The fourth-order valence-corrected chi connectivity index (χ4v) is 1.15. The van der Waals surface area contributed by atoms with Crippen molar-refractivity contribution < 1.29 is 4.52 Å². The van der Waals surface area contributed by atoms with E-state index in [1.54, 1.807) is 6.08 Å². The minimum Gasteiger partial charge on any atom is -0.338 e. The van der Waals surface area contributed by atoms with Gasteiger partial charge in [0.15, 0.2) is 5.82 Å². The second kappa shape index (κ2) is 4.91. The van der Waals surface area contributed by atoms with Crippen molar-refractivity contribution in [2.45, 2.75) is 32.7 Å². The van der Waals surface area contributed by atoms with Gasteiger partial charge in [-0.1, -0.05) is 25.1 Å². The van der Waals surface area contributed by atoms with Gasteiger partial charge in [-0.2, -0.15) is 4.98 Å². The smallest absolute Gasteiger partial charge is 0.243 e. The van der Waals surface area contributed by atoms with E-state index in [2.05, 4.69) is 30.6 Å². The van der Waals surface area contributed by atoms with E-state index in [1.165, 1.54) is 0 Å². The molecule has 0 aliphatic carbocycles. The van der Waals surface area contributed by atoms with E-state index < -0.39 is 0 Å². The van der Waals surface area contributed by atoms with Gasteiger partial charge in [-0.05, 0) is 12.3 Å². The number of hydrogen-bond acceptors (Lipinski definition) is 4. The van der Waals surface area contributed by atoms with E-state index in [9.17, 15) is 0 Å². The summed E-state index contributed by atoms with van der Waals surface area (Å²) in [5.41, 5.74) is 5.78. The molecule has 4 heteroatoms. The molecule has 14 heavy (non-hydrogen) atoms. The van der Waals surface area contributed by atoms with Crippen molar-refractivity contribution in [1.82, 2.24) is 10.1 Å². The average molecular weight is 195 g/mol. The average Bonchev–Trinajstić information content (AvgIpc) is 2.52. The molecule has 0 aromatic carbocycles. The van der Waals surface area contributed by atoms with Gasteiger partial charge < -0.3 is 10.3 Å². The zero-order chi connectivity index (χ0) is 10.6. The normalized spacial score (nSPS) is 13.1. The van der Waals surface area contributed by atoms with Crippen LogP contribution in [0, 0.1) is 5.92 Å². The van der Waals surface area contributed by atoms with Gasteiger partial charge in [-0.3, -0.25) is 0 Å². The lowest BCUT2D eigenvalue weighted by Crippen LogP contribution is -2.09. The van der Waals surface area contributed by atoms with Crippen LogP contribution in [0.3, 0.4) is 0 Å². The standard InChI is InChI=1S/C10H17N3O/c1-4-5-8(11)10-12-9(13-14-10)6-7(2)3/h4,7-8H,1,5-6,11H2,2-3H3. The molecule has 4 nitrogen and oxygen atoms in total. The predicted molar refractivity (Wildman–Crippen MR) is 54.6 cm³/mol. The highest BCUT2D eigenvalue weighted by atomic mass is 16.5. The first kappa shape index (κ1) is 10.9. The molecule has 1 heterocycles. The van der Waals surface area contributed by atoms with Crippen LogP contribution in [0.5, 0.6) is 0 Å². The predicted octanol–water partition coefficient (Wildman–Crippen LogP) is 1.84. The molecule has 0 aliphatic rings. The van der Waals surface area contributed by atoms with Gasteiger partial charge in [0.05, 0.1) is 6.04 Å². The molecule has 0 bridgehead atoms. The Balaban J connectivity index is 2.62. The summed E-state index contributed by atoms with van der Waals surface area (Å²) in [5, 5.41) is 3.86. The maximum atomic E-state index is 5.78. The Morgan fingerprint density at radius 3 is 2.86 bits per heavy atom. The van der Waals surface area contributed by atoms with Gasteiger partial charge in [0.25, 0.3) is 0 Å². The molecule has 0 aliphatic heterocycles. The Morgan fingerprint density at radius 1 is 1.57 bits per heavy atom. The first-order valence-corrected chi connectivity index (χ1v) is 4.82. The third kappa shape index (κ3) is 2.96. The van der Waals surface area contributed by atoms with E-state index in [4.69, 9.17) is 10.3 Å². The number of nitrogens with zero attached hydrogens (tertiary/aromatic N) is 2. The summed E-state index contributed by atoms with van der Waals surface area (Å²) in [4.78, 5) is 4.22. The molecule has 1 rings (SSSR count). The zero-order valence-electron chi connectivity index (χ0n) is 8.73. The lowest BCUT2D eigenvalue weighted by molar-refractivity contribution is 0.350. The molecule has 0 saturated heterocycles. The van der Waals surface area contributed by atoms with E-state index >= 15 is 0 Å². The summed E-state index contributed by atoms with van der Waals surface area (Å²) in [6.45, 7) is 7.83. The molecule has 0 amide bonds. The fourth-order valence-electron chi connectivity index (χ4n) is 1.15. The Kier molecular flexibility index (Phi) is 3.83. The zero-order valence-corrected chi connectivity index (χ0v) is 8.73. The third-order valence-corrected chi connectivity index (χ3v) is 1.81. The van der Waals surface area contributed by atoms with Crippen LogP contribution < -0.4 is 5.73 Å². The van der Waals surface area contributed by atoms with Crippen LogP contribution in [0.15, 0.2) is 17.2 Å². The molecule has 1 aromatic rings. The maximum Gasteiger partial charge on any atom is 0.243 e. The molecule has 78 valence electrons. The van der Waals surface area contributed by atoms with E-state index in [0.29, 0.717) is 18.2 Å². The SMILES string of the molecule is C=CCC(N)c1nc(CC(C)C)no1. The third-order valence-electron chi connectivity index (χ3n) is 1.81. The van der Waals surface area contributed by atoms with E-state index in [1.807, 2.05) is 0 Å². The van der Waals surface area contributed by atoms with Gasteiger partial charge in [-0.15, -0.1) is 6.58 Å². The topological polar surface area (TPSA) is 64.9 Å². The lowest BCUT2D eigenvalue weighted by Gasteiger charge is -2.00. The van der Waals surface area contributed by atoms with Crippen molar-refractivity contribution in [3.8, 4) is 0 Å². The lowest BCUT2D eigenvalue weighted by atomic mass is 10.1. The van der Waals surface area contributed by atoms with Gasteiger partial charge in [-0.25, -0.2) is 0 Å². The second-order valence-corrected chi connectivity index (χ2v) is 3.78. The highest BCUT2D eigenvalue weighted by Crippen LogP contribution is 2.13. The molecule has 0 fully saturated rings. The van der Waals surface area contributed by atoms with E-state index in [0.717, 1.165) is 12.2 Å². The fraction of sp³-hybridized carbons (Fsp3) is 0.600. The molecule has 1 unspecified atom stereocenters. The van der Waals surface area contributed by atoms with Gasteiger partial charge >= 0.3 is 0 Å². The minimum atomic E-state index is -0.221. The van der Waals surface area contributed by atoms with Crippen LogP contribution in [0.1, 0.15) is 38.0 Å². The summed E-state index contributed by atoms with van der Waals surface area (Å²) in [6.07, 6.45) is 3.23. The van der Waals surface area contributed by atoms with Crippen LogP contribution in [0.25, 0.3) is 0 Å². The van der Waals surface area contributed by atoms with Crippen LogP contribution in [-0.4, -0.2) is 10.1 Å². The van der Waals surface area contributed by atoms with E-state index in [-0.39, 0.29) is 6.04 Å². The van der Waals surface area contributed by atoms with Crippen molar-refractivity contribution >= 4 is 0 Å². The molecule has 1 atom stereocenters. The maximum absolute atomic E-state index is 5.78. The Bertz CT molecular complexity index is 293. The monoisotopic (exact) mass is 195 g/mol. The number of aromatic nitrogens is 2. The van der Waals surface area contributed by atoms with Crippen LogP contribution in [0.4, 0.5) is 0 Å². The van der Waals surface area contributed by atoms with Crippen molar-refractivity contribution in [3.63, 3.8) is 0 Å². The summed E-state index contributed by atoms with van der Waals surface area (Å²) >= 11 is 0. The molecule has 1 aromatic heterocycles. The number of rotatable bonds is 5. The molecule has 0 radical (unpaired) electrons. The summed E-state index contributed by atoms with van der Waals surface area (Å²) in [6, 6.07) is -0.221. The summed E-state index contributed by atoms with van der Waals surface area (Å²) < 4.78 is 5.05. The quantitative estimate of drug-likeness (QED) is 0.728. The van der Waals surface area contributed by atoms with Crippen molar-refractivity contribution in [2.24, 2.45) is 11.7 Å². The Morgan fingerprint density at radius 2 is 2.29 bits per heavy atom. The number of hydrogen-bond donors (Lipinski definition) is 1. The van der Waals surface area contributed by atoms with Crippen LogP contribution >= 0.6 is 0 Å². The highest BCUT2D eigenvalue weighted by Gasteiger charge is 2.13. The Labute approximate surface area is 84.2 Å². The minimum absolute atomic E-state index is 0.221. The van der Waals surface area contributed by atoms with Crippen LogP contribution in [0.2, 0.25) is 0 Å². The van der Waals surface area contributed by atoms with Gasteiger partial charge in [0, 0.05) is 6.42 Å². The Hall–Kier alpha value is -1.16. The van der Waals surface area contributed by atoms with Crippen molar-refractivity contribution in [3.05, 3.63) is 24.4 Å². The van der Waals surface area contributed by atoms with Gasteiger partial charge in [0.2, 0.25) is 5.89 Å². The van der Waals surface area contributed by atoms with Crippen molar-refractivity contribution in [2.75, 3.05) is 0 Å². The molecular formula is C10H17N3O. The molecule has 0 saturated carbocycles. The van der Waals surface area contributed by atoms with Gasteiger partial charge in [0.1, 0.15) is 0 Å². The largest absolute Gasteiger partial charge is 0.338 e. The van der Waals surface area contributed by atoms with Crippen molar-refractivity contribution in [1.29, 1.82) is 0 Å². The molecule has 0 spiro atoms. The first-order chi connectivity index (χ1) is 6.63. The summed E-state index contributed by atoms with van der Waals surface area (Å²) in [5.74, 6) is 1.76. The molecular weight excluding hydrogens is 178 g/mol. The molecule has 2 N–H and O–H groups in total. The highest BCUT2D eigenvalue weighted by molar-refractivity contribution is 4.94.